The molecule has 0 radical (unpaired) electrons. The molecular weight excluding hydrogens is 470 g/mol. The van der Waals surface area contributed by atoms with Crippen molar-refractivity contribution in [3.63, 3.8) is 0 Å². The van der Waals surface area contributed by atoms with E-state index >= 15 is 4.39 Å². The minimum Gasteiger partial charge on any atom is -0.497 e. The fraction of sp³-hybridized carbons (Fsp3) is 0.630. The van der Waals surface area contributed by atoms with Gasteiger partial charge in [0.05, 0.1) is 18.8 Å². The van der Waals surface area contributed by atoms with Crippen LogP contribution in [0, 0.1) is 17.7 Å². The van der Waals surface area contributed by atoms with Crippen LogP contribution in [0.2, 0.25) is 0 Å². The molecule has 0 bridgehead atoms. The molecule has 1 aromatic heterocycles. The number of carboxylic acids is 1. The van der Waals surface area contributed by atoms with Gasteiger partial charge in [-0.2, -0.15) is 11.8 Å². The number of aliphatic carboxylic acids is 1. The third kappa shape index (κ3) is 6.85. The highest BCUT2D eigenvalue weighted by atomic mass is 32.2. The van der Waals surface area contributed by atoms with Gasteiger partial charge in [-0.3, -0.25) is 9.78 Å². The summed E-state index contributed by atoms with van der Waals surface area (Å²) in [6, 6.07) is 5.05. The van der Waals surface area contributed by atoms with Gasteiger partial charge >= 0.3 is 5.97 Å². The molecule has 1 aliphatic carbocycles. The number of methoxy groups -OCH3 is 1. The highest BCUT2D eigenvalue weighted by Gasteiger charge is 2.32. The Labute approximate surface area is 210 Å². The Morgan fingerprint density at radius 3 is 2.83 bits per heavy atom. The summed E-state index contributed by atoms with van der Waals surface area (Å²) in [7, 11) is 1.52. The zero-order valence-electron chi connectivity index (χ0n) is 20.4. The average molecular weight is 507 g/mol. The van der Waals surface area contributed by atoms with E-state index in [1.807, 2.05) is 0 Å². The quantitative estimate of drug-likeness (QED) is 0.388. The van der Waals surface area contributed by atoms with Crippen LogP contribution in [0.1, 0.15) is 63.1 Å². The Bertz CT molecular complexity index is 1000. The third-order valence-corrected chi connectivity index (χ3v) is 9.01. The molecule has 2 fully saturated rings. The van der Waals surface area contributed by atoms with E-state index in [4.69, 9.17) is 4.74 Å². The fourth-order valence-corrected chi connectivity index (χ4v) is 7.08. The van der Waals surface area contributed by atoms with Crippen molar-refractivity contribution in [3.05, 3.63) is 35.8 Å². The van der Waals surface area contributed by atoms with E-state index in [2.05, 4.69) is 21.6 Å². The lowest BCUT2D eigenvalue weighted by Gasteiger charge is -2.38. The highest BCUT2D eigenvalue weighted by molar-refractivity contribution is 7.99. The number of hydrogen-bond acceptors (Lipinski definition) is 5. The predicted octanol–water partition coefficient (Wildman–Crippen LogP) is 6.26. The van der Waals surface area contributed by atoms with Crippen LogP contribution < -0.4 is 4.74 Å². The van der Waals surface area contributed by atoms with Crippen LogP contribution in [0.25, 0.3) is 10.9 Å². The summed E-state index contributed by atoms with van der Waals surface area (Å²) in [5, 5.41) is 10.7. The second kappa shape index (κ2) is 12.3. The molecular formula is C27H36F2N2O3S. The van der Waals surface area contributed by atoms with Crippen molar-refractivity contribution < 1.29 is 23.4 Å². The molecule has 0 amide bonds. The number of rotatable bonds is 11. The molecule has 5 nitrogen and oxygen atoms in total. The smallest absolute Gasteiger partial charge is 0.303 e. The summed E-state index contributed by atoms with van der Waals surface area (Å²) in [6.07, 6.45) is 6.55. The predicted molar refractivity (Wildman–Crippen MR) is 136 cm³/mol. The number of halogens is 2. The first-order valence-corrected chi connectivity index (χ1v) is 13.8. The number of piperidine rings is 1. The lowest BCUT2D eigenvalue weighted by atomic mass is 9.79. The largest absolute Gasteiger partial charge is 0.497 e. The Morgan fingerprint density at radius 2 is 2.09 bits per heavy atom. The number of nitrogens with zero attached hydrogens (tertiary/aromatic N) is 2. The van der Waals surface area contributed by atoms with E-state index in [0.29, 0.717) is 23.1 Å². The van der Waals surface area contributed by atoms with Crippen LogP contribution in [-0.2, 0) is 4.79 Å². The molecule has 1 saturated heterocycles. The lowest BCUT2D eigenvalue weighted by Crippen LogP contribution is -2.42. The fourth-order valence-electron chi connectivity index (χ4n) is 5.72. The van der Waals surface area contributed by atoms with Crippen molar-refractivity contribution in [3.8, 4) is 5.75 Å². The Kier molecular flexibility index (Phi) is 9.22. The number of alkyl halides is 1. The first kappa shape index (κ1) is 26.1. The maximum atomic E-state index is 15.5. The highest BCUT2D eigenvalue weighted by Crippen LogP contribution is 2.37. The van der Waals surface area contributed by atoms with E-state index in [9.17, 15) is 14.3 Å². The van der Waals surface area contributed by atoms with Crippen molar-refractivity contribution in [1.29, 1.82) is 0 Å². The minimum absolute atomic E-state index is 0.0101. The van der Waals surface area contributed by atoms with Gasteiger partial charge in [0.25, 0.3) is 0 Å². The summed E-state index contributed by atoms with van der Waals surface area (Å²) < 4.78 is 35.4. The van der Waals surface area contributed by atoms with Crippen LogP contribution in [-0.4, -0.2) is 58.7 Å². The molecule has 1 aromatic carbocycles. The minimum atomic E-state index is -1.49. The van der Waals surface area contributed by atoms with Crippen molar-refractivity contribution >= 4 is 28.6 Å². The zero-order valence-corrected chi connectivity index (χ0v) is 21.2. The number of fused-ring (bicyclic) bond motifs is 1. The van der Waals surface area contributed by atoms with Crippen LogP contribution >= 0.6 is 11.8 Å². The van der Waals surface area contributed by atoms with Crippen molar-refractivity contribution in [2.45, 2.75) is 62.8 Å². The average Bonchev–Trinajstić information content (AvgIpc) is 3.36. The Morgan fingerprint density at radius 1 is 1.29 bits per heavy atom. The van der Waals surface area contributed by atoms with Crippen molar-refractivity contribution in [2.24, 2.45) is 11.8 Å². The van der Waals surface area contributed by atoms with Crippen molar-refractivity contribution in [1.82, 2.24) is 9.88 Å². The molecule has 1 saturated carbocycles. The monoisotopic (exact) mass is 506 g/mol. The molecule has 2 aliphatic rings. The molecule has 8 heteroatoms. The van der Waals surface area contributed by atoms with Gasteiger partial charge in [-0.15, -0.1) is 0 Å². The molecule has 4 rings (SSSR count). The standard InChI is InChI=1S/C27H36F2N2O3S/c1-34-20-7-9-25-22(15-20)27(24(29)16-30-25)23(28)8-6-18-10-11-31(17-19(18)14-26(32)33)12-13-35-21-4-2-3-5-21/h7,9,15-16,18-19,21,23H,2-6,8,10-14,17H2,1H3,(H,32,33)/t18-,19+,23+/m1/s1. The third-order valence-electron chi connectivity index (χ3n) is 7.65. The van der Waals surface area contributed by atoms with E-state index in [0.717, 1.165) is 43.3 Å². The second-order valence-corrected chi connectivity index (χ2v) is 11.3. The SMILES string of the molecule is COc1ccc2ncc(F)c([C@@H](F)CC[C@@H]3CCN(CCSC4CCCC4)C[C@@H]3CC(=O)O)c2c1. The number of aromatic nitrogens is 1. The van der Waals surface area contributed by atoms with Gasteiger partial charge in [0.2, 0.25) is 0 Å². The van der Waals surface area contributed by atoms with Crippen LogP contribution in [0.4, 0.5) is 8.78 Å². The molecule has 1 N–H and O–H groups in total. The number of thioether (sulfide) groups is 1. The molecule has 35 heavy (non-hydrogen) atoms. The van der Waals surface area contributed by atoms with Gasteiger partial charge < -0.3 is 14.7 Å². The molecule has 2 heterocycles. The molecule has 1 aliphatic heterocycles. The number of pyridine rings is 1. The Balaban J connectivity index is 1.37. The van der Waals surface area contributed by atoms with Gasteiger partial charge in [-0.05, 0) is 68.7 Å². The molecule has 2 aromatic rings. The molecule has 192 valence electrons. The number of benzene rings is 1. The number of likely N-dealkylation sites (tertiary alicyclic amines) is 1. The van der Waals surface area contributed by atoms with Crippen molar-refractivity contribution in [2.75, 3.05) is 32.5 Å². The van der Waals surface area contributed by atoms with Crippen LogP contribution in [0.15, 0.2) is 24.4 Å². The molecule has 0 unspecified atom stereocenters. The van der Waals surface area contributed by atoms with E-state index in [1.54, 1.807) is 18.2 Å². The van der Waals surface area contributed by atoms with Gasteiger partial charge in [0.15, 0.2) is 0 Å². The van der Waals surface area contributed by atoms with Gasteiger partial charge in [0.1, 0.15) is 17.7 Å². The van der Waals surface area contributed by atoms with E-state index in [-0.39, 0.29) is 30.2 Å². The topological polar surface area (TPSA) is 62.7 Å². The van der Waals surface area contributed by atoms with Gasteiger partial charge in [-0.1, -0.05) is 12.8 Å². The first-order valence-electron chi connectivity index (χ1n) is 12.8. The Hall–Kier alpha value is -1.93. The normalized spacial score (nSPS) is 22.5. The number of hydrogen-bond donors (Lipinski definition) is 1. The maximum Gasteiger partial charge on any atom is 0.303 e. The molecule has 0 spiro atoms. The summed E-state index contributed by atoms with van der Waals surface area (Å²) in [4.78, 5) is 18.0. The summed E-state index contributed by atoms with van der Waals surface area (Å²) in [5.41, 5.74) is 0.544. The van der Waals surface area contributed by atoms with Crippen LogP contribution in [0.3, 0.4) is 0 Å². The maximum absolute atomic E-state index is 15.5. The number of carbonyl (C=O) groups is 1. The van der Waals surface area contributed by atoms with Crippen LogP contribution in [0.5, 0.6) is 5.75 Å². The number of carboxylic acid groups (broad SMARTS) is 1. The van der Waals surface area contributed by atoms with Gasteiger partial charge in [-0.25, -0.2) is 8.78 Å². The summed E-state index contributed by atoms with van der Waals surface area (Å²) in [5.74, 6) is 0.253. The lowest BCUT2D eigenvalue weighted by molar-refractivity contribution is -0.139. The summed E-state index contributed by atoms with van der Waals surface area (Å²) in [6.45, 7) is 2.63. The van der Waals surface area contributed by atoms with E-state index in [1.165, 1.54) is 32.8 Å². The zero-order chi connectivity index (χ0) is 24.8. The first-order chi connectivity index (χ1) is 16.9. The van der Waals surface area contributed by atoms with Gasteiger partial charge in [0, 0.05) is 41.5 Å². The molecule has 3 atom stereocenters. The van der Waals surface area contributed by atoms with E-state index < -0.39 is 18.0 Å². The number of ether oxygens (including phenoxy) is 1. The summed E-state index contributed by atoms with van der Waals surface area (Å²) >= 11 is 2.05. The second-order valence-electron chi connectivity index (χ2n) is 9.93.